The molecule has 0 unspecified atom stereocenters. The van der Waals surface area contributed by atoms with Gasteiger partial charge in [-0.1, -0.05) is 18.2 Å². The van der Waals surface area contributed by atoms with Crippen molar-refractivity contribution in [2.24, 2.45) is 0 Å². The predicted octanol–water partition coefficient (Wildman–Crippen LogP) is 5.14. The first kappa shape index (κ1) is 20.2. The van der Waals surface area contributed by atoms with Gasteiger partial charge in [0.1, 0.15) is 23.1 Å². The Hall–Kier alpha value is -3.55. The van der Waals surface area contributed by atoms with Crippen LogP contribution in [0.4, 0.5) is 28.9 Å². The van der Waals surface area contributed by atoms with Gasteiger partial charge in [0, 0.05) is 7.05 Å². The summed E-state index contributed by atoms with van der Waals surface area (Å²) in [5.74, 6) is -5.14. The van der Waals surface area contributed by atoms with Gasteiger partial charge in [0.25, 0.3) is 0 Å². The molecule has 0 spiro atoms. The van der Waals surface area contributed by atoms with Gasteiger partial charge in [-0.3, -0.25) is 0 Å². The Morgan fingerprint density at radius 2 is 1.55 bits per heavy atom. The van der Waals surface area contributed by atoms with Crippen molar-refractivity contribution in [3.8, 4) is 16.9 Å². The molecule has 0 fully saturated rings. The number of carboxylic acid groups (broad SMARTS) is 1. The Balaban J connectivity index is 2.03. The van der Waals surface area contributed by atoms with E-state index < -0.39 is 47.3 Å². The highest BCUT2D eigenvalue weighted by Crippen LogP contribution is 2.36. The van der Waals surface area contributed by atoms with Crippen LogP contribution in [0.2, 0.25) is 0 Å². The van der Waals surface area contributed by atoms with Crippen LogP contribution >= 0.6 is 0 Å². The van der Waals surface area contributed by atoms with Gasteiger partial charge in [0.2, 0.25) is 0 Å². The molecule has 0 aliphatic carbocycles. The fourth-order valence-electron chi connectivity index (χ4n) is 2.79. The summed E-state index contributed by atoms with van der Waals surface area (Å²) < 4.78 is 61.5. The monoisotopic (exact) mass is 405 g/mol. The van der Waals surface area contributed by atoms with Gasteiger partial charge in [-0.25, -0.2) is 22.4 Å². The molecular weight excluding hydrogens is 390 g/mol. The van der Waals surface area contributed by atoms with E-state index in [1.165, 1.54) is 43.4 Å². The van der Waals surface area contributed by atoms with Gasteiger partial charge in [0.15, 0.2) is 18.2 Å². The summed E-state index contributed by atoms with van der Waals surface area (Å²) in [5, 5.41) is 8.66. The van der Waals surface area contributed by atoms with Crippen molar-refractivity contribution in [2.75, 3.05) is 18.6 Å². The summed E-state index contributed by atoms with van der Waals surface area (Å²) in [6.45, 7) is -0.819. The summed E-state index contributed by atoms with van der Waals surface area (Å²) in [6.07, 6.45) is 0. The van der Waals surface area contributed by atoms with E-state index in [9.17, 15) is 22.4 Å². The van der Waals surface area contributed by atoms with Crippen molar-refractivity contribution in [3.05, 3.63) is 77.9 Å². The number of carboxylic acids is 1. The molecule has 0 heterocycles. The summed E-state index contributed by atoms with van der Waals surface area (Å²) >= 11 is 0. The van der Waals surface area contributed by atoms with Gasteiger partial charge < -0.3 is 14.7 Å². The number of ether oxygens (including phenoxy) is 1. The molecule has 0 aromatic heterocycles. The average molecular weight is 405 g/mol. The second-order valence-corrected chi connectivity index (χ2v) is 6.12. The highest BCUT2D eigenvalue weighted by Gasteiger charge is 2.22. The maximum Gasteiger partial charge on any atom is 0.341 e. The van der Waals surface area contributed by atoms with E-state index >= 15 is 0 Å². The highest BCUT2D eigenvalue weighted by molar-refractivity contribution is 5.73. The third kappa shape index (κ3) is 4.31. The van der Waals surface area contributed by atoms with Crippen LogP contribution in [0.1, 0.15) is 0 Å². The molecule has 3 rings (SSSR count). The molecule has 0 radical (unpaired) electrons. The van der Waals surface area contributed by atoms with Crippen molar-refractivity contribution >= 4 is 17.3 Å². The van der Waals surface area contributed by atoms with E-state index in [0.29, 0.717) is 11.1 Å². The Morgan fingerprint density at radius 3 is 2.21 bits per heavy atom. The number of hydrogen-bond acceptors (Lipinski definition) is 3. The lowest BCUT2D eigenvalue weighted by Crippen LogP contribution is -2.16. The number of rotatable bonds is 6. The zero-order valence-corrected chi connectivity index (χ0v) is 15.1. The molecule has 8 heteroatoms. The minimum absolute atomic E-state index is 0.139. The molecule has 0 atom stereocenters. The summed E-state index contributed by atoms with van der Waals surface area (Å²) in [4.78, 5) is 11.6. The quantitative estimate of drug-likeness (QED) is 0.577. The molecule has 29 heavy (non-hydrogen) atoms. The molecule has 0 saturated heterocycles. The second-order valence-electron chi connectivity index (χ2n) is 6.12. The van der Waals surface area contributed by atoms with Crippen molar-refractivity contribution < 1.29 is 32.2 Å². The van der Waals surface area contributed by atoms with Gasteiger partial charge >= 0.3 is 5.97 Å². The first-order chi connectivity index (χ1) is 13.8. The van der Waals surface area contributed by atoms with Crippen LogP contribution in [0.15, 0.2) is 54.6 Å². The first-order valence-corrected chi connectivity index (χ1v) is 8.39. The highest BCUT2D eigenvalue weighted by atomic mass is 19.1. The number of nitrogens with zero attached hydrogens (tertiary/aromatic N) is 1. The molecule has 0 bridgehead atoms. The maximum absolute atomic E-state index is 14.8. The third-order valence-corrected chi connectivity index (χ3v) is 4.20. The fraction of sp³-hybridized carbons (Fsp3) is 0.0952. The van der Waals surface area contributed by atoms with Crippen LogP contribution in [-0.2, 0) is 4.79 Å². The zero-order chi connectivity index (χ0) is 21.1. The topological polar surface area (TPSA) is 49.8 Å². The second kappa shape index (κ2) is 8.22. The van der Waals surface area contributed by atoms with Crippen LogP contribution in [0.3, 0.4) is 0 Å². The van der Waals surface area contributed by atoms with Crippen LogP contribution in [-0.4, -0.2) is 24.7 Å². The average Bonchev–Trinajstić information content (AvgIpc) is 2.68. The predicted molar refractivity (Wildman–Crippen MR) is 99.3 cm³/mol. The number of hydrogen-bond donors (Lipinski definition) is 1. The van der Waals surface area contributed by atoms with Gasteiger partial charge in [0.05, 0.1) is 5.69 Å². The largest absolute Gasteiger partial charge is 0.479 e. The number of aliphatic carboxylic acids is 1. The smallest absolute Gasteiger partial charge is 0.341 e. The molecule has 1 N–H and O–H groups in total. The van der Waals surface area contributed by atoms with Crippen LogP contribution in [0.5, 0.6) is 5.75 Å². The number of anilines is 2. The standard InChI is InChI=1S/C21H15F4NO3/c1-26(21-16(24)8-9-18(20(21)25)29-11-19(27)28)17-10-13(4-7-15(17)23)12-2-5-14(22)6-3-12/h2-10H,11H2,1H3,(H,27,28). The zero-order valence-electron chi connectivity index (χ0n) is 15.1. The van der Waals surface area contributed by atoms with Gasteiger partial charge in [-0.2, -0.15) is 0 Å². The molecule has 3 aromatic rings. The molecule has 4 nitrogen and oxygen atoms in total. The van der Waals surface area contributed by atoms with E-state index in [4.69, 9.17) is 9.84 Å². The van der Waals surface area contributed by atoms with E-state index in [-0.39, 0.29) is 5.69 Å². The molecule has 0 saturated carbocycles. The van der Waals surface area contributed by atoms with Crippen molar-refractivity contribution in [1.29, 1.82) is 0 Å². The Kier molecular flexibility index (Phi) is 5.72. The van der Waals surface area contributed by atoms with E-state index in [1.54, 1.807) is 0 Å². The SMILES string of the molecule is CN(c1cc(-c2ccc(F)cc2)ccc1F)c1c(F)ccc(OCC(=O)O)c1F. The molecule has 0 aliphatic heterocycles. The lowest BCUT2D eigenvalue weighted by atomic mass is 10.0. The lowest BCUT2D eigenvalue weighted by Gasteiger charge is -2.23. The Morgan fingerprint density at radius 1 is 0.931 bits per heavy atom. The van der Waals surface area contributed by atoms with E-state index in [1.807, 2.05) is 0 Å². The first-order valence-electron chi connectivity index (χ1n) is 8.39. The fourth-order valence-corrected chi connectivity index (χ4v) is 2.79. The maximum atomic E-state index is 14.8. The third-order valence-electron chi connectivity index (χ3n) is 4.20. The molecule has 0 amide bonds. The van der Waals surface area contributed by atoms with Gasteiger partial charge in [-0.05, 0) is 47.5 Å². The molecule has 0 aliphatic rings. The van der Waals surface area contributed by atoms with Crippen molar-refractivity contribution in [1.82, 2.24) is 0 Å². The van der Waals surface area contributed by atoms with E-state index in [0.717, 1.165) is 23.1 Å². The van der Waals surface area contributed by atoms with Crippen molar-refractivity contribution in [2.45, 2.75) is 0 Å². The van der Waals surface area contributed by atoms with Crippen LogP contribution in [0.25, 0.3) is 11.1 Å². The molecular formula is C21H15F4NO3. The van der Waals surface area contributed by atoms with Crippen molar-refractivity contribution in [3.63, 3.8) is 0 Å². The molecule has 3 aromatic carbocycles. The van der Waals surface area contributed by atoms with Crippen LogP contribution < -0.4 is 9.64 Å². The summed E-state index contributed by atoms with van der Waals surface area (Å²) in [7, 11) is 1.26. The van der Waals surface area contributed by atoms with Crippen LogP contribution in [0, 0.1) is 23.3 Å². The normalized spacial score (nSPS) is 10.7. The minimum atomic E-state index is -1.33. The summed E-state index contributed by atoms with van der Waals surface area (Å²) in [5.41, 5.74) is 0.343. The molecule has 150 valence electrons. The van der Waals surface area contributed by atoms with Gasteiger partial charge in [-0.15, -0.1) is 0 Å². The Bertz CT molecular complexity index is 1050. The number of carbonyl (C=O) groups is 1. The van der Waals surface area contributed by atoms with E-state index in [2.05, 4.69) is 0 Å². The summed E-state index contributed by atoms with van der Waals surface area (Å²) in [6, 6.07) is 11.3. The Labute approximate surface area is 163 Å². The number of benzene rings is 3. The lowest BCUT2D eigenvalue weighted by molar-refractivity contribution is -0.139. The number of halogens is 4. The minimum Gasteiger partial charge on any atom is -0.479 e.